The first-order chi connectivity index (χ1) is 23.2. The highest BCUT2D eigenvalue weighted by atomic mass is 35.5. The van der Waals surface area contributed by atoms with Crippen LogP contribution in [0.1, 0.15) is 42.0 Å². The summed E-state index contributed by atoms with van der Waals surface area (Å²) in [6.07, 6.45) is -3.32. The number of alkyl halides is 3. The number of nitrogens with one attached hydrogen (secondary N) is 1. The Bertz CT molecular complexity index is 1840. The fourth-order valence-electron chi connectivity index (χ4n) is 5.10. The van der Waals surface area contributed by atoms with Crippen molar-refractivity contribution in [3.8, 4) is 0 Å². The van der Waals surface area contributed by atoms with Crippen LogP contribution in [0.25, 0.3) is 0 Å². The van der Waals surface area contributed by atoms with Crippen LogP contribution >= 0.6 is 23.2 Å². The molecule has 260 valence electrons. The first-order valence-corrected chi connectivity index (χ1v) is 17.7. The number of unbranched alkanes of at least 4 members (excludes halogenated alkanes) is 1. The molecule has 4 aromatic rings. The molecule has 0 fully saturated rings. The van der Waals surface area contributed by atoms with E-state index in [1.807, 2.05) is 13.0 Å². The van der Waals surface area contributed by atoms with E-state index >= 15 is 0 Å². The summed E-state index contributed by atoms with van der Waals surface area (Å²) in [6, 6.07) is 22.8. The molecule has 0 unspecified atom stereocenters. The van der Waals surface area contributed by atoms with Crippen LogP contribution < -0.4 is 9.62 Å². The number of amides is 2. The number of carbonyl (C=O) groups is 2. The van der Waals surface area contributed by atoms with Crippen molar-refractivity contribution < 1.29 is 31.2 Å². The Labute approximate surface area is 294 Å². The van der Waals surface area contributed by atoms with Crippen molar-refractivity contribution >= 4 is 50.7 Å². The van der Waals surface area contributed by atoms with Gasteiger partial charge in [-0.1, -0.05) is 96.7 Å². The minimum absolute atomic E-state index is 0.0853. The zero-order chi connectivity index (χ0) is 35.8. The summed E-state index contributed by atoms with van der Waals surface area (Å²) >= 11 is 12.0. The third-order valence-corrected chi connectivity index (χ3v) is 10.2. The number of sulfonamides is 1. The third kappa shape index (κ3) is 9.99. The molecule has 0 saturated heterocycles. The summed E-state index contributed by atoms with van der Waals surface area (Å²) in [5.41, 5.74) is 0.390. The quantitative estimate of drug-likeness (QED) is 0.133. The Kier molecular flexibility index (Phi) is 12.8. The molecule has 4 aromatic carbocycles. The average molecular weight is 735 g/mol. The highest BCUT2D eigenvalue weighted by molar-refractivity contribution is 7.92. The molecule has 0 bridgehead atoms. The van der Waals surface area contributed by atoms with Crippen molar-refractivity contribution in [1.82, 2.24) is 10.2 Å². The Balaban J connectivity index is 1.85. The van der Waals surface area contributed by atoms with Gasteiger partial charge in [0.15, 0.2) is 0 Å². The van der Waals surface area contributed by atoms with Gasteiger partial charge in [-0.2, -0.15) is 13.2 Å². The van der Waals surface area contributed by atoms with Crippen LogP contribution in [0.5, 0.6) is 0 Å². The fraction of sp³-hybridized carbons (Fsp3) is 0.278. The number of anilines is 1. The molecule has 0 heterocycles. The van der Waals surface area contributed by atoms with Gasteiger partial charge in [-0.3, -0.25) is 13.9 Å². The molecule has 7 nitrogen and oxygen atoms in total. The Morgan fingerprint density at radius 1 is 0.878 bits per heavy atom. The topological polar surface area (TPSA) is 86.8 Å². The molecule has 49 heavy (non-hydrogen) atoms. The van der Waals surface area contributed by atoms with Crippen molar-refractivity contribution in [1.29, 1.82) is 0 Å². The summed E-state index contributed by atoms with van der Waals surface area (Å²) in [7, 11) is -4.62. The smallest absolute Gasteiger partial charge is 0.354 e. The predicted molar refractivity (Wildman–Crippen MR) is 186 cm³/mol. The molecular weight excluding hydrogens is 698 g/mol. The normalized spacial score (nSPS) is 12.3. The summed E-state index contributed by atoms with van der Waals surface area (Å²) < 4.78 is 70.8. The second kappa shape index (κ2) is 16.6. The first kappa shape index (κ1) is 37.8. The van der Waals surface area contributed by atoms with E-state index in [9.17, 15) is 31.2 Å². The van der Waals surface area contributed by atoms with Crippen molar-refractivity contribution in [3.63, 3.8) is 0 Å². The van der Waals surface area contributed by atoms with Crippen LogP contribution in [0, 0.1) is 6.92 Å². The lowest BCUT2D eigenvalue weighted by atomic mass is 10.0. The minimum Gasteiger partial charge on any atom is -0.354 e. The van der Waals surface area contributed by atoms with Crippen LogP contribution in [0.3, 0.4) is 0 Å². The molecular formula is C36H36Cl2F3N3O4S. The van der Waals surface area contributed by atoms with Gasteiger partial charge >= 0.3 is 6.18 Å². The third-order valence-electron chi connectivity index (χ3n) is 7.80. The predicted octanol–water partition coefficient (Wildman–Crippen LogP) is 8.07. The highest BCUT2D eigenvalue weighted by Gasteiger charge is 2.37. The Morgan fingerprint density at radius 3 is 2.14 bits per heavy atom. The van der Waals surface area contributed by atoms with Crippen molar-refractivity contribution in [3.05, 3.63) is 129 Å². The van der Waals surface area contributed by atoms with E-state index in [1.165, 1.54) is 17.0 Å². The number of carbonyl (C=O) groups excluding carboxylic acids is 2. The average Bonchev–Trinajstić information content (AvgIpc) is 3.06. The van der Waals surface area contributed by atoms with Gasteiger partial charge in [-0.15, -0.1) is 0 Å². The van der Waals surface area contributed by atoms with E-state index in [4.69, 9.17) is 23.2 Å². The molecule has 0 aromatic heterocycles. The lowest BCUT2D eigenvalue weighted by Gasteiger charge is -2.34. The number of nitrogens with zero attached hydrogens (tertiary/aromatic N) is 2. The second-order valence-electron chi connectivity index (χ2n) is 11.5. The lowest BCUT2D eigenvalue weighted by molar-refractivity contribution is -0.140. The first-order valence-electron chi connectivity index (χ1n) is 15.5. The van der Waals surface area contributed by atoms with Crippen LogP contribution in [0.15, 0.2) is 102 Å². The van der Waals surface area contributed by atoms with Crippen LogP contribution in [0.2, 0.25) is 10.0 Å². The molecule has 0 spiro atoms. The monoisotopic (exact) mass is 733 g/mol. The number of hydrogen-bond donors (Lipinski definition) is 1. The lowest BCUT2D eigenvalue weighted by Crippen LogP contribution is -2.53. The van der Waals surface area contributed by atoms with Gasteiger partial charge in [0.1, 0.15) is 12.6 Å². The fourth-order valence-corrected chi connectivity index (χ4v) is 6.86. The van der Waals surface area contributed by atoms with Gasteiger partial charge in [0, 0.05) is 24.5 Å². The number of aryl methyl sites for hydroxylation is 1. The molecule has 2 amide bonds. The van der Waals surface area contributed by atoms with Crippen molar-refractivity contribution in [2.75, 3.05) is 17.4 Å². The Hall–Kier alpha value is -4.06. The van der Waals surface area contributed by atoms with Gasteiger partial charge in [-0.25, -0.2) is 8.42 Å². The number of rotatable bonds is 14. The van der Waals surface area contributed by atoms with Gasteiger partial charge in [0.05, 0.1) is 21.2 Å². The van der Waals surface area contributed by atoms with E-state index in [0.717, 1.165) is 29.7 Å². The largest absolute Gasteiger partial charge is 0.417 e. The zero-order valence-corrected chi connectivity index (χ0v) is 29.2. The van der Waals surface area contributed by atoms with E-state index in [2.05, 4.69) is 5.32 Å². The van der Waals surface area contributed by atoms with Crippen LogP contribution in [0.4, 0.5) is 18.9 Å². The van der Waals surface area contributed by atoms with E-state index in [0.29, 0.717) is 33.9 Å². The van der Waals surface area contributed by atoms with Crippen LogP contribution in [-0.4, -0.2) is 44.3 Å². The second-order valence-corrected chi connectivity index (χ2v) is 14.2. The molecule has 0 saturated carbocycles. The van der Waals surface area contributed by atoms with Gasteiger partial charge in [-0.05, 0) is 66.9 Å². The van der Waals surface area contributed by atoms with E-state index in [-0.39, 0.29) is 17.9 Å². The molecule has 1 N–H and O–H groups in total. The summed E-state index contributed by atoms with van der Waals surface area (Å²) in [6.45, 7) is 3.02. The standard InChI is InChI=1S/C36H36Cl2F3N3O4S/c1-3-4-20-42-35(46)33(21-26-8-6-5-7-9-26)43(23-27-12-14-28(37)15-13-27)34(45)24-44(49(47,48)30-17-10-25(2)11-18-30)29-16-19-32(38)31(22-29)36(39,40)41/h5-19,22,33H,3-4,20-21,23-24H2,1-2H3,(H,42,46)/t33-/m1/s1. The number of benzene rings is 4. The summed E-state index contributed by atoms with van der Waals surface area (Å²) in [5, 5.41) is 2.70. The zero-order valence-electron chi connectivity index (χ0n) is 26.9. The SMILES string of the molecule is CCCCNC(=O)[C@@H](Cc1ccccc1)N(Cc1ccc(Cl)cc1)C(=O)CN(c1ccc(Cl)c(C(F)(F)F)c1)S(=O)(=O)c1ccc(C)cc1. The molecule has 13 heteroatoms. The van der Waals surface area contributed by atoms with E-state index in [1.54, 1.807) is 67.6 Å². The maximum atomic E-state index is 14.5. The highest BCUT2D eigenvalue weighted by Crippen LogP contribution is 2.38. The molecule has 0 aliphatic heterocycles. The Morgan fingerprint density at radius 2 is 1.53 bits per heavy atom. The molecule has 4 rings (SSSR count). The van der Waals surface area contributed by atoms with E-state index < -0.39 is 56.9 Å². The maximum Gasteiger partial charge on any atom is 0.417 e. The number of hydrogen-bond acceptors (Lipinski definition) is 4. The van der Waals surface area contributed by atoms with Gasteiger partial charge in [0.25, 0.3) is 10.0 Å². The summed E-state index contributed by atoms with van der Waals surface area (Å²) in [4.78, 5) is 29.3. The van der Waals surface area contributed by atoms with Crippen LogP contribution in [-0.2, 0) is 38.8 Å². The van der Waals surface area contributed by atoms with Gasteiger partial charge < -0.3 is 10.2 Å². The molecule has 0 aliphatic rings. The molecule has 0 radical (unpaired) electrons. The van der Waals surface area contributed by atoms with Crippen molar-refractivity contribution in [2.24, 2.45) is 0 Å². The molecule has 1 atom stereocenters. The minimum atomic E-state index is -4.91. The molecule has 0 aliphatic carbocycles. The number of halogens is 5. The van der Waals surface area contributed by atoms with Crippen molar-refractivity contribution in [2.45, 2.75) is 56.8 Å². The summed E-state index contributed by atoms with van der Waals surface area (Å²) in [5.74, 6) is -1.28. The maximum absolute atomic E-state index is 14.5. The van der Waals surface area contributed by atoms with Gasteiger partial charge in [0.2, 0.25) is 11.8 Å².